The third-order valence-corrected chi connectivity index (χ3v) is 3.64. The molecule has 2 rings (SSSR count). The molecule has 18 heavy (non-hydrogen) atoms. The van der Waals surface area contributed by atoms with Crippen molar-refractivity contribution in [2.24, 2.45) is 0 Å². The van der Waals surface area contributed by atoms with Gasteiger partial charge in [0.15, 0.2) is 0 Å². The summed E-state index contributed by atoms with van der Waals surface area (Å²) in [7, 11) is 0. The van der Waals surface area contributed by atoms with Crippen molar-refractivity contribution in [3.05, 3.63) is 10.6 Å². The lowest BCUT2D eigenvalue weighted by atomic mass is 10.1. The van der Waals surface area contributed by atoms with E-state index in [1.54, 1.807) is 0 Å². The number of rotatable bonds is 3. The quantitative estimate of drug-likeness (QED) is 0.838. The van der Waals surface area contributed by atoms with Gasteiger partial charge in [0.2, 0.25) is 0 Å². The number of carbonyl (C=O) groups excluding carboxylic acids is 1. The second-order valence-electron chi connectivity index (χ2n) is 4.65. The van der Waals surface area contributed by atoms with Gasteiger partial charge in [0, 0.05) is 6.61 Å². The lowest BCUT2D eigenvalue weighted by molar-refractivity contribution is -0.0139. The van der Waals surface area contributed by atoms with Crippen LogP contribution in [0, 0.1) is 0 Å². The van der Waals surface area contributed by atoms with Gasteiger partial charge >= 0.3 is 0 Å². The van der Waals surface area contributed by atoms with Crippen LogP contribution in [0.2, 0.25) is 0 Å². The zero-order chi connectivity index (χ0) is 13.1. The Balaban J connectivity index is 2.05. The molecule has 1 aliphatic heterocycles. The molecule has 1 fully saturated rings. The van der Waals surface area contributed by atoms with E-state index in [9.17, 15) is 9.90 Å². The fourth-order valence-electron chi connectivity index (χ4n) is 1.83. The van der Waals surface area contributed by atoms with Crippen LogP contribution in [0.15, 0.2) is 0 Å². The molecule has 7 heteroatoms. The van der Waals surface area contributed by atoms with Crippen molar-refractivity contribution in [3.8, 4) is 0 Å². The Morgan fingerprint density at radius 3 is 3.06 bits per heavy atom. The van der Waals surface area contributed by atoms with Crippen molar-refractivity contribution in [1.29, 1.82) is 0 Å². The molecule has 1 saturated heterocycles. The maximum atomic E-state index is 12.1. The number of aliphatic hydroxyl groups is 1. The van der Waals surface area contributed by atoms with Crippen molar-refractivity contribution in [3.63, 3.8) is 0 Å². The Morgan fingerprint density at radius 1 is 1.61 bits per heavy atom. The summed E-state index contributed by atoms with van der Waals surface area (Å²) in [6.45, 7) is 4.81. The van der Waals surface area contributed by atoms with Crippen LogP contribution < -0.4 is 5.32 Å². The van der Waals surface area contributed by atoms with E-state index in [1.165, 1.54) is 0 Å². The second kappa shape index (κ2) is 5.73. The van der Waals surface area contributed by atoms with Crippen LogP contribution in [0.4, 0.5) is 0 Å². The van der Waals surface area contributed by atoms with E-state index in [1.807, 2.05) is 13.8 Å². The topological polar surface area (TPSA) is 84.3 Å². The van der Waals surface area contributed by atoms with Gasteiger partial charge in [-0.05, 0) is 23.9 Å². The van der Waals surface area contributed by atoms with Gasteiger partial charge in [-0.1, -0.05) is 18.3 Å². The third-order valence-electron chi connectivity index (χ3n) is 2.90. The van der Waals surface area contributed by atoms with Gasteiger partial charge in [-0.15, -0.1) is 5.10 Å². The molecule has 0 spiro atoms. The first-order chi connectivity index (χ1) is 8.59. The summed E-state index contributed by atoms with van der Waals surface area (Å²) >= 11 is 1.08. The molecule has 6 nitrogen and oxygen atoms in total. The van der Waals surface area contributed by atoms with Gasteiger partial charge in [0.1, 0.15) is 4.88 Å². The molecular formula is C11H17N3O3S. The standard InChI is InChI=1S/C11H17N3O3S/c1-6(2)9-10(18-14-13-9)11(16)12-7-5-17-4-3-8(7)15/h6-8,15H,3-5H2,1-2H3,(H,12,16)/t7-,8-/m1/s1. The number of aromatic nitrogens is 2. The number of aliphatic hydroxyl groups excluding tert-OH is 1. The maximum Gasteiger partial charge on any atom is 0.265 e. The predicted octanol–water partition coefficient (Wildman–Crippen LogP) is 0.541. The summed E-state index contributed by atoms with van der Waals surface area (Å²) in [6, 6.07) is -0.353. The van der Waals surface area contributed by atoms with Crippen LogP contribution in [-0.2, 0) is 4.74 Å². The number of ether oxygens (including phenoxy) is 1. The van der Waals surface area contributed by atoms with Crippen molar-refractivity contribution >= 4 is 17.4 Å². The van der Waals surface area contributed by atoms with Crippen LogP contribution >= 0.6 is 11.5 Å². The zero-order valence-electron chi connectivity index (χ0n) is 10.4. The smallest absolute Gasteiger partial charge is 0.265 e. The molecular weight excluding hydrogens is 254 g/mol. The van der Waals surface area contributed by atoms with Gasteiger partial charge in [-0.2, -0.15) is 0 Å². The average Bonchev–Trinajstić information content (AvgIpc) is 2.81. The highest BCUT2D eigenvalue weighted by Crippen LogP contribution is 2.20. The lowest BCUT2D eigenvalue weighted by Crippen LogP contribution is -2.49. The Bertz CT molecular complexity index is 421. The molecule has 0 bridgehead atoms. The van der Waals surface area contributed by atoms with E-state index >= 15 is 0 Å². The Hall–Kier alpha value is -1.05. The minimum atomic E-state index is -0.550. The SMILES string of the molecule is CC(C)c1nnsc1C(=O)N[C@@H]1COCC[C@H]1O. The molecule has 0 unspecified atom stereocenters. The molecule has 1 aromatic heterocycles. The molecule has 0 saturated carbocycles. The minimum Gasteiger partial charge on any atom is -0.391 e. The lowest BCUT2D eigenvalue weighted by Gasteiger charge is -2.28. The van der Waals surface area contributed by atoms with Crippen LogP contribution in [0.1, 0.15) is 41.6 Å². The molecule has 0 aromatic carbocycles. The summed E-state index contributed by atoms with van der Waals surface area (Å²) in [5, 5.41) is 16.5. The Morgan fingerprint density at radius 2 is 2.39 bits per heavy atom. The molecule has 2 atom stereocenters. The van der Waals surface area contributed by atoms with Crippen LogP contribution in [-0.4, -0.2) is 46.0 Å². The van der Waals surface area contributed by atoms with Crippen molar-refractivity contribution in [2.45, 2.75) is 38.3 Å². The highest BCUT2D eigenvalue weighted by molar-refractivity contribution is 7.08. The van der Waals surface area contributed by atoms with Crippen LogP contribution in [0.25, 0.3) is 0 Å². The largest absolute Gasteiger partial charge is 0.391 e. The highest BCUT2D eigenvalue weighted by atomic mass is 32.1. The summed E-state index contributed by atoms with van der Waals surface area (Å²) in [5.41, 5.74) is 0.698. The number of nitrogens with zero attached hydrogens (tertiary/aromatic N) is 2. The molecule has 100 valence electrons. The normalized spacial score (nSPS) is 24.2. The number of nitrogens with one attached hydrogen (secondary N) is 1. The van der Waals surface area contributed by atoms with Gasteiger partial charge in [0.25, 0.3) is 5.91 Å². The van der Waals surface area contributed by atoms with E-state index in [-0.39, 0.29) is 17.9 Å². The van der Waals surface area contributed by atoms with Gasteiger partial charge < -0.3 is 15.2 Å². The maximum absolute atomic E-state index is 12.1. The van der Waals surface area contributed by atoms with E-state index in [2.05, 4.69) is 14.9 Å². The second-order valence-corrected chi connectivity index (χ2v) is 5.41. The fraction of sp³-hybridized carbons (Fsp3) is 0.727. The van der Waals surface area contributed by atoms with Crippen LogP contribution in [0.5, 0.6) is 0 Å². The first kappa shape index (κ1) is 13.4. The number of hydrogen-bond donors (Lipinski definition) is 2. The first-order valence-electron chi connectivity index (χ1n) is 5.98. The number of carbonyl (C=O) groups is 1. The van der Waals surface area contributed by atoms with Crippen LogP contribution in [0.3, 0.4) is 0 Å². The van der Waals surface area contributed by atoms with Gasteiger partial charge in [-0.3, -0.25) is 4.79 Å². The molecule has 1 aromatic rings. The molecule has 2 N–H and O–H groups in total. The third kappa shape index (κ3) is 2.85. The zero-order valence-corrected chi connectivity index (χ0v) is 11.2. The fourth-order valence-corrected chi connectivity index (χ4v) is 2.55. The molecule has 0 aliphatic carbocycles. The molecule has 0 radical (unpaired) electrons. The van der Waals surface area contributed by atoms with E-state index in [4.69, 9.17) is 4.74 Å². The van der Waals surface area contributed by atoms with Gasteiger partial charge in [0.05, 0.1) is 24.4 Å². The van der Waals surface area contributed by atoms with Crippen molar-refractivity contribution in [2.75, 3.05) is 13.2 Å². The summed E-state index contributed by atoms with van der Waals surface area (Å²) < 4.78 is 9.06. The number of amides is 1. The van der Waals surface area contributed by atoms with E-state index in [0.29, 0.717) is 30.2 Å². The van der Waals surface area contributed by atoms with Crippen molar-refractivity contribution in [1.82, 2.24) is 14.9 Å². The predicted molar refractivity (Wildman–Crippen MR) is 66.7 cm³/mol. The first-order valence-corrected chi connectivity index (χ1v) is 6.76. The molecule has 2 heterocycles. The Kier molecular flexibility index (Phi) is 4.26. The van der Waals surface area contributed by atoms with Gasteiger partial charge in [-0.25, -0.2) is 0 Å². The summed E-state index contributed by atoms with van der Waals surface area (Å²) in [6.07, 6.45) is -0.00536. The van der Waals surface area contributed by atoms with Crippen molar-refractivity contribution < 1.29 is 14.6 Å². The van der Waals surface area contributed by atoms with E-state index < -0.39 is 6.10 Å². The average molecular weight is 271 g/mol. The minimum absolute atomic E-state index is 0.150. The molecule has 1 aliphatic rings. The summed E-state index contributed by atoms with van der Waals surface area (Å²) in [4.78, 5) is 12.6. The highest BCUT2D eigenvalue weighted by Gasteiger charge is 2.27. The van der Waals surface area contributed by atoms with E-state index in [0.717, 1.165) is 11.5 Å². The monoisotopic (exact) mass is 271 g/mol. The summed E-state index contributed by atoms with van der Waals surface area (Å²) in [5.74, 6) is -0.0831. The number of hydrogen-bond acceptors (Lipinski definition) is 6. The Labute approximate surface area is 110 Å². The molecule has 1 amide bonds.